The summed E-state index contributed by atoms with van der Waals surface area (Å²) in [5, 5.41) is 9.89. The summed E-state index contributed by atoms with van der Waals surface area (Å²) in [6, 6.07) is -0.916. The second-order valence-electron chi connectivity index (χ2n) is 9.72. The van der Waals surface area contributed by atoms with Crippen LogP contribution in [-0.4, -0.2) is 58.4 Å². The molecule has 0 bridgehead atoms. The van der Waals surface area contributed by atoms with Gasteiger partial charge in [-0.3, -0.25) is 24.0 Å². The molecule has 3 atom stereocenters. The molecule has 36 heavy (non-hydrogen) atoms. The van der Waals surface area contributed by atoms with Crippen molar-refractivity contribution in [1.82, 2.24) is 20.9 Å². The van der Waals surface area contributed by atoms with Gasteiger partial charge in [0.15, 0.2) is 0 Å². The number of rotatable bonds is 9. The normalized spacial score (nSPS) is 23.7. The number of ketones is 1. The van der Waals surface area contributed by atoms with Crippen molar-refractivity contribution in [2.75, 3.05) is 5.32 Å². The van der Waals surface area contributed by atoms with Crippen LogP contribution < -0.4 is 21.3 Å². The Morgan fingerprint density at radius 1 is 1.22 bits per heavy atom. The first-order chi connectivity index (χ1) is 16.9. The van der Waals surface area contributed by atoms with Crippen LogP contribution >= 0.6 is 0 Å². The molecule has 10 nitrogen and oxygen atoms in total. The summed E-state index contributed by atoms with van der Waals surface area (Å²) in [6.45, 7) is 1.78. The van der Waals surface area contributed by atoms with Crippen LogP contribution in [0.25, 0.3) is 0 Å². The fraction of sp³-hybridized carbons (Fsp3) is 0.565. The molecule has 0 aromatic carbocycles. The maximum Gasteiger partial charge on any atom is 0.289 e. The number of amides is 4. The van der Waals surface area contributed by atoms with Gasteiger partial charge in [-0.2, -0.15) is 0 Å². The van der Waals surface area contributed by atoms with Crippen LogP contribution in [-0.2, 0) is 19.2 Å². The number of hydrogen-bond donors (Lipinski definition) is 4. The maximum absolute atomic E-state index is 13.9. The average molecular weight is 509 g/mol. The second-order valence-corrected chi connectivity index (χ2v) is 9.72. The van der Waals surface area contributed by atoms with Crippen LogP contribution in [0.1, 0.15) is 55.8 Å². The molecule has 1 aromatic heterocycles. The van der Waals surface area contributed by atoms with E-state index in [4.69, 9.17) is 0 Å². The molecule has 2 aliphatic carbocycles. The van der Waals surface area contributed by atoms with Gasteiger partial charge in [-0.15, -0.1) is 0 Å². The van der Waals surface area contributed by atoms with Crippen LogP contribution in [0.4, 0.5) is 19.0 Å². The standard InChI is InChI=1S/C23H26F3N5O5/c1-10-4-11(19(33)28-10)5-16(17(32)22(36)29-14-2-3-14)30-21(35)15-6-13(24)9-27-18(15)31-20(34)12-7-23(25,26)8-12/h6,9-12,14,16H,2-5,7-8H2,1H3,(H,28,33)(H,29,36)(H,30,35)(H,27,31,34)/t10-,11+,16+/m1/s1. The molecular formula is C23H26F3N5O5. The van der Waals surface area contributed by atoms with E-state index >= 15 is 0 Å². The Labute approximate surface area is 204 Å². The van der Waals surface area contributed by atoms with E-state index in [0.717, 1.165) is 25.1 Å². The Bertz CT molecular complexity index is 1100. The quantitative estimate of drug-likeness (QED) is 0.366. The number of alkyl halides is 2. The van der Waals surface area contributed by atoms with Crippen molar-refractivity contribution in [3.8, 4) is 0 Å². The lowest BCUT2D eigenvalue weighted by Crippen LogP contribution is -2.49. The molecule has 4 rings (SSSR count). The Kier molecular flexibility index (Phi) is 7.01. The van der Waals surface area contributed by atoms with E-state index in [1.807, 2.05) is 0 Å². The van der Waals surface area contributed by atoms with Gasteiger partial charge >= 0.3 is 0 Å². The number of Topliss-reactive ketones (excluding diaryl/α,β-unsaturated/α-hetero) is 1. The molecule has 2 saturated carbocycles. The number of carbonyl (C=O) groups is 5. The number of pyridine rings is 1. The first kappa shape index (κ1) is 25.6. The lowest BCUT2D eigenvalue weighted by molar-refractivity contribution is -0.145. The fourth-order valence-electron chi connectivity index (χ4n) is 4.33. The largest absolute Gasteiger partial charge is 0.353 e. The molecule has 13 heteroatoms. The first-order valence-electron chi connectivity index (χ1n) is 11.7. The van der Waals surface area contributed by atoms with Gasteiger partial charge in [0.05, 0.1) is 17.8 Å². The van der Waals surface area contributed by atoms with Crippen LogP contribution in [0.3, 0.4) is 0 Å². The summed E-state index contributed by atoms with van der Waals surface area (Å²) in [5.41, 5.74) is -0.459. The van der Waals surface area contributed by atoms with Gasteiger partial charge in [0.1, 0.15) is 11.6 Å². The molecule has 194 valence electrons. The minimum atomic E-state index is -2.95. The summed E-state index contributed by atoms with van der Waals surface area (Å²) >= 11 is 0. The monoisotopic (exact) mass is 509 g/mol. The Morgan fingerprint density at radius 3 is 2.50 bits per heavy atom. The van der Waals surface area contributed by atoms with Crippen LogP contribution in [0.2, 0.25) is 0 Å². The van der Waals surface area contributed by atoms with Crippen molar-refractivity contribution < 1.29 is 37.1 Å². The highest BCUT2D eigenvalue weighted by atomic mass is 19.3. The molecule has 4 N–H and O–H groups in total. The first-order valence-corrected chi connectivity index (χ1v) is 11.7. The molecule has 0 spiro atoms. The third kappa shape index (κ3) is 6.00. The second kappa shape index (κ2) is 9.86. The number of hydrogen-bond acceptors (Lipinski definition) is 6. The number of nitrogens with zero attached hydrogens (tertiary/aromatic N) is 1. The smallest absolute Gasteiger partial charge is 0.289 e. The van der Waals surface area contributed by atoms with E-state index in [1.165, 1.54) is 0 Å². The van der Waals surface area contributed by atoms with Crippen LogP contribution in [0, 0.1) is 17.7 Å². The number of halogens is 3. The zero-order valence-corrected chi connectivity index (χ0v) is 19.4. The topological polar surface area (TPSA) is 146 Å². The number of aromatic nitrogens is 1. The average Bonchev–Trinajstić information content (AvgIpc) is 3.54. The van der Waals surface area contributed by atoms with Crippen molar-refractivity contribution in [2.45, 2.75) is 69.5 Å². The fourth-order valence-corrected chi connectivity index (χ4v) is 4.33. The molecule has 0 radical (unpaired) electrons. The highest BCUT2D eigenvalue weighted by molar-refractivity contribution is 6.38. The SMILES string of the molecule is C[C@@H]1C[C@@H](C[C@H](NC(=O)c2cc(F)cnc2NC(=O)C2CC(F)(F)C2)C(=O)C(=O)NC2CC2)C(=O)N1. The molecule has 3 aliphatic rings. The van der Waals surface area contributed by atoms with Gasteiger partial charge in [0, 0.05) is 36.8 Å². The molecule has 1 aromatic rings. The van der Waals surface area contributed by atoms with Gasteiger partial charge in [0.2, 0.25) is 23.5 Å². The summed E-state index contributed by atoms with van der Waals surface area (Å²) < 4.78 is 40.2. The van der Waals surface area contributed by atoms with E-state index in [1.54, 1.807) is 6.92 Å². The third-order valence-corrected chi connectivity index (χ3v) is 6.48. The third-order valence-electron chi connectivity index (χ3n) is 6.48. The zero-order valence-electron chi connectivity index (χ0n) is 19.4. The Balaban J connectivity index is 1.51. The highest BCUT2D eigenvalue weighted by Crippen LogP contribution is 2.42. The minimum Gasteiger partial charge on any atom is -0.353 e. The lowest BCUT2D eigenvalue weighted by atomic mass is 9.81. The maximum atomic E-state index is 13.9. The van der Waals surface area contributed by atoms with Crippen molar-refractivity contribution in [1.29, 1.82) is 0 Å². The van der Waals surface area contributed by atoms with Crippen LogP contribution in [0.5, 0.6) is 0 Å². The molecule has 0 unspecified atom stereocenters. The van der Waals surface area contributed by atoms with Gasteiger partial charge in [-0.25, -0.2) is 18.2 Å². The summed E-state index contributed by atoms with van der Waals surface area (Å²) in [5.74, 6) is -9.92. The zero-order chi connectivity index (χ0) is 26.2. The van der Waals surface area contributed by atoms with Crippen molar-refractivity contribution in [2.24, 2.45) is 11.8 Å². The van der Waals surface area contributed by atoms with Gasteiger partial charge in [-0.05, 0) is 38.7 Å². The van der Waals surface area contributed by atoms with Crippen molar-refractivity contribution >= 4 is 35.2 Å². The van der Waals surface area contributed by atoms with Crippen LogP contribution in [0.15, 0.2) is 12.3 Å². The van der Waals surface area contributed by atoms with E-state index < -0.39 is 71.5 Å². The molecular weight excluding hydrogens is 483 g/mol. The minimum absolute atomic E-state index is 0.124. The van der Waals surface area contributed by atoms with Crippen molar-refractivity contribution in [3.05, 3.63) is 23.6 Å². The highest BCUT2D eigenvalue weighted by Gasteiger charge is 2.49. The predicted molar refractivity (Wildman–Crippen MR) is 118 cm³/mol. The van der Waals surface area contributed by atoms with E-state index in [-0.39, 0.29) is 30.2 Å². The molecule has 4 amide bonds. The summed E-state index contributed by atoms with van der Waals surface area (Å²) in [6.07, 6.45) is 1.09. The lowest BCUT2D eigenvalue weighted by Gasteiger charge is -2.33. The molecule has 2 heterocycles. The van der Waals surface area contributed by atoms with Gasteiger partial charge in [-0.1, -0.05) is 0 Å². The summed E-state index contributed by atoms with van der Waals surface area (Å²) in [7, 11) is 0. The molecule has 3 fully saturated rings. The predicted octanol–water partition coefficient (Wildman–Crippen LogP) is 1.07. The molecule has 1 saturated heterocycles. The molecule has 1 aliphatic heterocycles. The van der Waals surface area contributed by atoms with E-state index in [2.05, 4.69) is 26.3 Å². The van der Waals surface area contributed by atoms with E-state index in [9.17, 15) is 37.1 Å². The summed E-state index contributed by atoms with van der Waals surface area (Å²) in [4.78, 5) is 66.6. The van der Waals surface area contributed by atoms with Crippen molar-refractivity contribution in [3.63, 3.8) is 0 Å². The van der Waals surface area contributed by atoms with E-state index in [0.29, 0.717) is 6.42 Å². The van der Waals surface area contributed by atoms with Gasteiger partial charge in [0.25, 0.3) is 11.8 Å². The number of carbonyl (C=O) groups excluding carboxylic acids is 5. The Morgan fingerprint density at radius 2 is 1.92 bits per heavy atom. The number of anilines is 1. The number of nitrogens with one attached hydrogen (secondary N) is 4. The van der Waals surface area contributed by atoms with Gasteiger partial charge < -0.3 is 21.3 Å². The Hall–Kier alpha value is -3.51.